The molecule has 0 radical (unpaired) electrons. The van der Waals surface area contributed by atoms with Crippen LogP contribution in [0, 0.1) is 0 Å². The molecular formula is C14H14F3N3O. The quantitative estimate of drug-likeness (QED) is 0.947. The number of ether oxygens (including phenoxy) is 1. The summed E-state index contributed by atoms with van der Waals surface area (Å²) in [7, 11) is 0. The fourth-order valence-electron chi connectivity index (χ4n) is 2.21. The number of nitrogens with two attached hydrogens (primary N) is 1. The van der Waals surface area contributed by atoms with Gasteiger partial charge in [0.2, 0.25) is 0 Å². The van der Waals surface area contributed by atoms with Crippen LogP contribution < -0.4 is 5.73 Å². The Kier molecular flexibility index (Phi) is 3.46. The van der Waals surface area contributed by atoms with Gasteiger partial charge in [-0.15, -0.1) is 0 Å². The molecule has 0 atom stereocenters. The molecule has 0 unspecified atom stereocenters. The van der Waals surface area contributed by atoms with Crippen molar-refractivity contribution in [3.05, 3.63) is 47.3 Å². The number of hydrogen-bond donors (Lipinski definition) is 1. The smallest absolute Gasteiger partial charge is 0.380 e. The van der Waals surface area contributed by atoms with E-state index in [0.717, 1.165) is 11.6 Å². The molecule has 0 amide bonds. The van der Waals surface area contributed by atoms with Crippen molar-refractivity contribution in [2.24, 2.45) is 5.73 Å². The van der Waals surface area contributed by atoms with Crippen molar-refractivity contribution >= 4 is 0 Å². The Morgan fingerprint density at radius 2 is 1.90 bits per heavy atom. The second-order valence-electron chi connectivity index (χ2n) is 4.97. The van der Waals surface area contributed by atoms with Crippen molar-refractivity contribution in [3.63, 3.8) is 0 Å². The van der Waals surface area contributed by atoms with E-state index < -0.39 is 11.9 Å². The molecule has 0 aliphatic carbocycles. The molecule has 3 rings (SSSR count). The first-order valence-electron chi connectivity index (χ1n) is 6.53. The standard InChI is InChI=1S/C14H14F3N3O/c15-14(16,17)13-5-12(10-7-21-8-10)20(19-13)11-3-1-9(6-18)2-4-11/h1-5,10H,6-8,18H2. The molecule has 0 saturated carbocycles. The van der Waals surface area contributed by atoms with E-state index in [-0.39, 0.29) is 5.92 Å². The Morgan fingerprint density at radius 1 is 1.24 bits per heavy atom. The second-order valence-corrected chi connectivity index (χ2v) is 4.97. The Balaban J connectivity index is 2.04. The van der Waals surface area contributed by atoms with Crippen molar-refractivity contribution in [2.45, 2.75) is 18.6 Å². The van der Waals surface area contributed by atoms with E-state index in [1.54, 1.807) is 24.3 Å². The zero-order valence-corrected chi connectivity index (χ0v) is 11.1. The van der Waals surface area contributed by atoms with Gasteiger partial charge in [0.1, 0.15) is 0 Å². The summed E-state index contributed by atoms with van der Waals surface area (Å²) in [6.45, 7) is 1.23. The number of hydrogen-bond acceptors (Lipinski definition) is 3. The lowest BCUT2D eigenvalue weighted by Crippen LogP contribution is -2.27. The number of aromatic nitrogens is 2. The lowest BCUT2D eigenvalue weighted by molar-refractivity contribution is -0.141. The molecule has 4 nitrogen and oxygen atoms in total. The average molecular weight is 297 g/mol. The predicted octanol–water partition coefficient (Wildman–Crippen LogP) is 2.46. The van der Waals surface area contributed by atoms with E-state index in [1.807, 2.05) is 0 Å². The van der Waals surface area contributed by atoms with Crippen molar-refractivity contribution < 1.29 is 17.9 Å². The molecule has 2 N–H and O–H groups in total. The largest absolute Gasteiger partial charge is 0.435 e. The molecule has 7 heteroatoms. The van der Waals surface area contributed by atoms with Crippen LogP contribution in [0.3, 0.4) is 0 Å². The van der Waals surface area contributed by atoms with Crippen LogP contribution in [0.1, 0.15) is 22.9 Å². The van der Waals surface area contributed by atoms with Gasteiger partial charge in [-0.2, -0.15) is 18.3 Å². The van der Waals surface area contributed by atoms with Gasteiger partial charge in [-0.25, -0.2) is 4.68 Å². The van der Waals surface area contributed by atoms with Crippen molar-refractivity contribution in [3.8, 4) is 5.69 Å². The minimum atomic E-state index is -4.46. The summed E-state index contributed by atoms with van der Waals surface area (Å²) in [5.41, 5.74) is 6.66. The molecule has 1 aromatic heterocycles. The molecule has 1 fully saturated rings. The highest BCUT2D eigenvalue weighted by atomic mass is 19.4. The normalized spacial score (nSPS) is 16.0. The Hall–Kier alpha value is -1.86. The van der Waals surface area contributed by atoms with E-state index in [1.165, 1.54) is 4.68 Å². The molecule has 0 spiro atoms. The van der Waals surface area contributed by atoms with Crippen LogP contribution in [-0.4, -0.2) is 23.0 Å². The highest BCUT2D eigenvalue weighted by Crippen LogP contribution is 2.33. The Labute approximate surface area is 119 Å². The van der Waals surface area contributed by atoms with Crippen LogP contribution in [0.4, 0.5) is 13.2 Å². The highest BCUT2D eigenvalue weighted by Gasteiger charge is 2.37. The number of rotatable bonds is 3. The topological polar surface area (TPSA) is 53.1 Å². The third kappa shape index (κ3) is 2.66. The SMILES string of the molecule is NCc1ccc(-n2nc(C(F)(F)F)cc2C2COC2)cc1. The number of alkyl halides is 3. The van der Waals surface area contributed by atoms with E-state index in [0.29, 0.717) is 31.1 Å². The molecule has 1 aliphatic heterocycles. The zero-order chi connectivity index (χ0) is 15.0. The number of benzene rings is 1. The fraction of sp³-hybridized carbons (Fsp3) is 0.357. The summed E-state index contributed by atoms with van der Waals surface area (Å²) in [6, 6.07) is 8.11. The predicted molar refractivity (Wildman–Crippen MR) is 70.0 cm³/mol. The summed E-state index contributed by atoms with van der Waals surface area (Å²) in [5, 5.41) is 3.71. The maximum atomic E-state index is 12.9. The monoisotopic (exact) mass is 297 g/mol. The summed E-state index contributed by atoms with van der Waals surface area (Å²) >= 11 is 0. The van der Waals surface area contributed by atoms with Gasteiger partial charge >= 0.3 is 6.18 Å². The molecule has 1 aliphatic rings. The van der Waals surface area contributed by atoms with Crippen LogP contribution in [0.25, 0.3) is 5.69 Å². The van der Waals surface area contributed by atoms with Crippen LogP contribution >= 0.6 is 0 Å². The Morgan fingerprint density at radius 3 is 2.38 bits per heavy atom. The van der Waals surface area contributed by atoms with Crippen LogP contribution in [0.15, 0.2) is 30.3 Å². The average Bonchev–Trinajstić information content (AvgIpc) is 2.81. The molecule has 2 heterocycles. The van der Waals surface area contributed by atoms with Gasteiger partial charge in [0, 0.05) is 12.5 Å². The Bertz CT molecular complexity index is 630. The molecule has 0 bridgehead atoms. The molecule has 21 heavy (non-hydrogen) atoms. The van der Waals surface area contributed by atoms with Gasteiger partial charge in [0.25, 0.3) is 0 Å². The van der Waals surface area contributed by atoms with E-state index in [4.69, 9.17) is 10.5 Å². The maximum absolute atomic E-state index is 12.9. The van der Waals surface area contributed by atoms with E-state index >= 15 is 0 Å². The summed E-state index contributed by atoms with van der Waals surface area (Å²) < 4.78 is 45.0. The molecule has 1 saturated heterocycles. The lowest BCUT2D eigenvalue weighted by atomic mass is 10.0. The third-order valence-corrected chi connectivity index (χ3v) is 3.50. The minimum Gasteiger partial charge on any atom is -0.380 e. The number of halogens is 3. The zero-order valence-electron chi connectivity index (χ0n) is 11.1. The summed E-state index contributed by atoms with van der Waals surface area (Å²) in [5.74, 6) is -0.0530. The molecule has 2 aromatic rings. The van der Waals surface area contributed by atoms with Gasteiger partial charge in [-0.05, 0) is 23.8 Å². The van der Waals surface area contributed by atoms with Crippen LogP contribution in [0.5, 0.6) is 0 Å². The van der Waals surface area contributed by atoms with Crippen molar-refractivity contribution in [2.75, 3.05) is 13.2 Å². The first-order valence-corrected chi connectivity index (χ1v) is 6.53. The number of nitrogens with zero attached hydrogens (tertiary/aromatic N) is 2. The van der Waals surface area contributed by atoms with Gasteiger partial charge in [-0.3, -0.25) is 0 Å². The lowest BCUT2D eigenvalue weighted by Gasteiger charge is -2.26. The first-order chi connectivity index (χ1) is 9.99. The van der Waals surface area contributed by atoms with Gasteiger partial charge < -0.3 is 10.5 Å². The molecular weight excluding hydrogens is 283 g/mol. The molecule has 112 valence electrons. The minimum absolute atomic E-state index is 0.0530. The highest BCUT2D eigenvalue weighted by molar-refractivity contribution is 5.37. The van der Waals surface area contributed by atoms with Gasteiger partial charge in [0.05, 0.1) is 24.6 Å². The van der Waals surface area contributed by atoms with E-state index in [9.17, 15) is 13.2 Å². The summed E-state index contributed by atoms with van der Waals surface area (Å²) in [4.78, 5) is 0. The second kappa shape index (κ2) is 5.16. The maximum Gasteiger partial charge on any atom is 0.435 e. The summed E-state index contributed by atoms with van der Waals surface area (Å²) in [6.07, 6.45) is -4.46. The van der Waals surface area contributed by atoms with Gasteiger partial charge in [-0.1, -0.05) is 12.1 Å². The van der Waals surface area contributed by atoms with Crippen LogP contribution in [0.2, 0.25) is 0 Å². The van der Waals surface area contributed by atoms with Crippen molar-refractivity contribution in [1.82, 2.24) is 9.78 Å². The van der Waals surface area contributed by atoms with Gasteiger partial charge in [0.15, 0.2) is 5.69 Å². The molecule has 1 aromatic carbocycles. The van der Waals surface area contributed by atoms with E-state index in [2.05, 4.69) is 5.10 Å². The third-order valence-electron chi connectivity index (χ3n) is 3.50. The first kappa shape index (κ1) is 14.1. The fourth-order valence-corrected chi connectivity index (χ4v) is 2.21. The van der Waals surface area contributed by atoms with Crippen molar-refractivity contribution in [1.29, 1.82) is 0 Å². The van der Waals surface area contributed by atoms with Crippen LogP contribution in [-0.2, 0) is 17.5 Å².